The van der Waals surface area contributed by atoms with E-state index in [1.807, 2.05) is 26.0 Å². The number of hydrazone groups is 1. The van der Waals surface area contributed by atoms with Crippen molar-refractivity contribution < 1.29 is 0 Å². The largest absolute Gasteiger partial charge is 0.303 e. The van der Waals surface area contributed by atoms with Crippen LogP contribution in [0.2, 0.25) is 0 Å². The molecule has 0 bridgehead atoms. The summed E-state index contributed by atoms with van der Waals surface area (Å²) in [5, 5.41) is 6.24. The van der Waals surface area contributed by atoms with Gasteiger partial charge in [-0.15, -0.1) is 0 Å². The molecule has 0 N–H and O–H groups in total. The van der Waals surface area contributed by atoms with Crippen LogP contribution in [0.5, 0.6) is 0 Å². The fourth-order valence-corrected chi connectivity index (χ4v) is 2.15. The number of benzene rings is 2. The summed E-state index contributed by atoms with van der Waals surface area (Å²) in [6.07, 6.45) is 0. The minimum atomic E-state index is 1.03. The first-order valence-electron chi connectivity index (χ1n) is 6.47. The molecule has 0 aromatic heterocycles. The van der Waals surface area contributed by atoms with Crippen molar-refractivity contribution in [2.75, 3.05) is 14.1 Å². The van der Waals surface area contributed by atoms with E-state index < -0.39 is 0 Å². The van der Waals surface area contributed by atoms with Crippen LogP contribution in [0.4, 0.5) is 0 Å². The highest BCUT2D eigenvalue weighted by Crippen LogP contribution is 2.23. The zero-order valence-corrected chi connectivity index (χ0v) is 12.0. The van der Waals surface area contributed by atoms with E-state index >= 15 is 0 Å². The topological polar surface area (TPSA) is 15.6 Å². The SMILES string of the molecule is CC(=NN(C)C)c1ccc(-c2ccccc2C)cc1. The Kier molecular flexibility index (Phi) is 4.00. The Morgan fingerprint density at radius 3 is 2.16 bits per heavy atom. The highest BCUT2D eigenvalue weighted by atomic mass is 15.4. The van der Waals surface area contributed by atoms with Crippen molar-refractivity contribution in [1.82, 2.24) is 5.01 Å². The van der Waals surface area contributed by atoms with Crippen LogP contribution < -0.4 is 0 Å². The third kappa shape index (κ3) is 3.22. The van der Waals surface area contributed by atoms with Gasteiger partial charge in [-0.1, -0.05) is 48.5 Å². The number of hydrogen-bond acceptors (Lipinski definition) is 2. The normalized spacial score (nSPS) is 11.5. The van der Waals surface area contributed by atoms with Crippen LogP contribution >= 0.6 is 0 Å². The van der Waals surface area contributed by atoms with Gasteiger partial charge in [0.05, 0.1) is 5.71 Å². The third-order valence-electron chi connectivity index (χ3n) is 3.11. The third-order valence-corrected chi connectivity index (χ3v) is 3.11. The fourth-order valence-electron chi connectivity index (χ4n) is 2.15. The maximum atomic E-state index is 4.42. The van der Waals surface area contributed by atoms with Gasteiger partial charge >= 0.3 is 0 Å². The van der Waals surface area contributed by atoms with Crippen molar-refractivity contribution in [3.8, 4) is 11.1 Å². The van der Waals surface area contributed by atoms with Crippen LogP contribution in [0.15, 0.2) is 53.6 Å². The lowest BCUT2D eigenvalue weighted by molar-refractivity contribution is 0.438. The van der Waals surface area contributed by atoms with Crippen LogP contribution in [-0.2, 0) is 0 Å². The molecule has 2 rings (SSSR count). The average molecular weight is 252 g/mol. The molecule has 0 saturated heterocycles. The second-order valence-electron chi connectivity index (χ2n) is 4.92. The van der Waals surface area contributed by atoms with E-state index in [0.29, 0.717) is 0 Å². The summed E-state index contributed by atoms with van der Waals surface area (Å²) < 4.78 is 0. The number of nitrogens with zero attached hydrogens (tertiary/aromatic N) is 2. The summed E-state index contributed by atoms with van der Waals surface area (Å²) in [6.45, 7) is 4.17. The average Bonchev–Trinajstić information content (AvgIpc) is 2.39. The van der Waals surface area contributed by atoms with Crippen molar-refractivity contribution in [1.29, 1.82) is 0 Å². The van der Waals surface area contributed by atoms with Gasteiger partial charge in [0.25, 0.3) is 0 Å². The van der Waals surface area contributed by atoms with Gasteiger partial charge in [0.1, 0.15) is 0 Å². The van der Waals surface area contributed by atoms with E-state index in [4.69, 9.17) is 0 Å². The smallest absolute Gasteiger partial charge is 0.0646 e. The molecule has 0 aliphatic heterocycles. The zero-order valence-electron chi connectivity index (χ0n) is 12.0. The van der Waals surface area contributed by atoms with Gasteiger partial charge in [-0.25, -0.2) is 0 Å². The van der Waals surface area contributed by atoms with Crippen LogP contribution in [0, 0.1) is 6.92 Å². The molecule has 0 atom stereocenters. The molecule has 0 radical (unpaired) electrons. The Bertz CT molecular complexity index is 580. The summed E-state index contributed by atoms with van der Waals surface area (Å²) in [4.78, 5) is 0. The lowest BCUT2D eigenvalue weighted by atomic mass is 9.99. The molecule has 2 nitrogen and oxygen atoms in total. The molecule has 2 heteroatoms. The van der Waals surface area contributed by atoms with Crippen LogP contribution in [0.3, 0.4) is 0 Å². The van der Waals surface area contributed by atoms with Crippen molar-refractivity contribution in [2.45, 2.75) is 13.8 Å². The Balaban J connectivity index is 2.32. The van der Waals surface area contributed by atoms with Crippen molar-refractivity contribution in [2.24, 2.45) is 5.10 Å². The van der Waals surface area contributed by atoms with Crippen LogP contribution in [0.1, 0.15) is 18.1 Å². The summed E-state index contributed by atoms with van der Waals surface area (Å²) in [5.74, 6) is 0. The van der Waals surface area contributed by atoms with E-state index in [0.717, 1.165) is 11.3 Å². The van der Waals surface area contributed by atoms with Gasteiger partial charge in [0.15, 0.2) is 0 Å². The predicted molar refractivity (Wildman–Crippen MR) is 82.5 cm³/mol. The van der Waals surface area contributed by atoms with Crippen molar-refractivity contribution in [3.63, 3.8) is 0 Å². The van der Waals surface area contributed by atoms with Gasteiger partial charge in [0.2, 0.25) is 0 Å². The van der Waals surface area contributed by atoms with Gasteiger partial charge < -0.3 is 5.01 Å². The highest BCUT2D eigenvalue weighted by molar-refractivity contribution is 5.98. The first kappa shape index (κ1) is 13.3. The lowest BCUT2D eigenvalue weighted by Crippen LogP contribution is -2.07. The molecule has 0 spiro atoms. The second-order valence-corrected chi connectivity index (χ2v) is 4.92. The molecule has 19 heavy (non-hydrogen) atoms. The molecule has 0 unspecified atom stereocenters. The fraction of sp³-hybridized carbons (Fsp3) is 0.235. The maximum absolute atomic E-state index is 4.42. The van der Waals surface area contributed by atoms with Crippen LogP contribution in [0.25, 0.3) is 11.1 Å². The molecule has 0 aliphatic rings. The van der Waals surface area contributed by atoms with Gasteiger partial charge in [-0.05, 0) is 36.1 Å². The quantitative estimate of drug-likeness (QED) is 0.596. The Morgan fingerprint density at radius 1 is 0.947 bits per heavy atom. The first-order chi connectivity index (χ1) is 9.08. The van der Waals surface area contributed by atoms with Crippen molar-refractivity contribution >= 4 is 5.71 Å². The van der Waals surface area contributed by atoms with Gasteiger partial charge in [-0.2, -0.15) is 5.10 Å². The first-order valence-corrected chi connectivity index (χ1v) is 6.47. The van der Waals surface area contributed by atoms with Crippen molar-refractivity contribution in [3.05, 3.63) is 59.7 Å². The van der Waals surface area contributed by atoms with E-state index in [-0.39, 0.29) is 0 Å². The minimum Gasteiger partial charge on any atom is -0.303 e. The zero-order chi connectivity index (χ0) is 13.8. The van der Waals surface area contributed by atoms with Crippen LogP contribution in [-0.4, -0.2) is 24.8 Å². The second kappa shape index (κ2) is 5.70. The molecular weight excluding hydrogens is 232 g/mol. The van der Waals surface area contributed by atoms with E-state index in [1.54, 1.807) is 0 Å². The summed E-state index contributed by atoms with van der Waals surface area (Å²) in [6, 6.07) is 17.0. The Hall–Kier alpha value is -2.09. The minimum absolute atomic E-state index is 1.03. The maximum Gasteiger partial charge on any atom is 0.0646 e. The van der Waals surface area contributed by atoms with Gasteiger partial charge in [-0.3, -0.25) is 0 Å². The standard InChI is InChI=1S/C17H20N2/c1-13-7-5-6-8-17(13)16-11-9-15(10-12-16)14(2)18-19(3)4/h5-12H,1-4H3. The summed E-state index contributed by atoms with van der Waals surface area (Å²) in [7, 11) is 3.87. The number of aryl methyl sites for hydroxylation is 1. The molecular formula is C17H20N2. The number of rotatable bonds is 3. The van der Waals surface area contributed by atoms with E-state index in [1.165, 1.54) is 16.7 Å². The van der Waals surface area contributed by atoms with E-state index in [2.05, 4.69) is 60.6 Å². The molecule has 0 aliphatic carbocycles. The highest BCUT2D eigenvalue weighted by Gasteiger charge is 2.02. The molecule has 0 heterocycles. The van der Waals surface area contributed by atoms with Gasteiger partial charge in [0, 0.05) is 14.1 Å². The molecule has 2 aromatic rings. The number of hydrogen-bond donors (Lipinski definition) is 0. The Labute approximate surface area is 115 Å². The summed E-state index contributed by atoms with van der Waals surface area (Å²) >= 11 is 0. The molecule has 98 valence electrons. The molecule has 0 amide bonds. The predicted octanol–water partition coefficient (Wildman–Crippen LogP) is 3.95. The van der Waals surface area contributed by atoms with E-state index in [9.17, 15) is 0 Å². The monoisotopic (exact) mass is 252 g/mol. The summed E-state index contributed by atoms with van der Waals surface area (Å²) in [5.41, 5.74) is 6.03. The Morgan fingerprint density at radius 2 is 1.58 bits per heavy atom. The lowest BCUT2D eigenvalue weighted by Gasteiger charge is -2.09. The molecule has 0 fully saturated rings. The molecule has 0 saturated carbocycles. The molecule has 2 aromatic carbocycles.